The molecule has 0 saturated heterocycles. The number of para-hydroxylation sites is 1. The average molecular weight is 444 g/mol. The quantitative estimate of drug-likeness (QED) is 0.365. The van der Waals surface area contributed by atoms with E-state index in [0.717, 1.165) is 22.9 Å². The van der Waals surface area contributed by atoms with E-state index >= 15 is 0 Å². The normalized spacial score (nSPS) is 10.7. The van der Waals surface area contributed by atoms with Gasteiger partial charge in [0.2, 0.25) is 5.91 Å². The van der Waals surface area contributed by atoms with Gasteiger partial charge in [0.25, 0.3) is 0 Å². The number of hydrogen-bond acceptors (Lipinski definition) is 5. The molecule has 162 valence electrons. The highest BCUT2D eigenvalue weighted by Gasteiger charge is 2.16. The van der Waals surface area contributed by atoms with Gasteiger partial charge in [0.05, 0.1) is 12.3 Å². The molecule has 1 amide bonds. The Morgan fingerprint density at radius 1 is 0.844 bits per heavy atom. The highest BCUT2D eigenvalue weighted by Crippen LogP contribution is 2.23. The third kappa shape index (κ3) is 5.56. The first-order valence-corrected chi connectivity index (χ1v) is 11.4. The Morgan fingerprint density at radius 3 is 2.19 bits per heavy atom. The third-order valence-corrected chi connectivity index (χ3v) is 5.81. The lowest BCUT2D eigenvalue weighted by Gasteiger charge is -2.12. The Kier molecular flexibility index (Phi) is 6.87. The number of thioether (sulfide) groups is 1. The van der Waals surface area contributed by atoms with Gasteiger partial charge in [0, 0.05) is 17.1 Å². The number of carbonyl (C=O) groups excluding carboxylic acids is 1. The van der Waals surface area contributed by atoms with E-state index in [1.807, 2.05) is 59.2 Å². The molecule has 0 aliphatic heterocycles. The molecule has 0 aliphatic rings. The van der Waals surface area contributed by atoms with Gasteiger partial charge in [-0.05, 0) is 50.2 Å². The van der Waals surface area contributed by atoms with E-state index in [1.54, 1.807) is 0 Å². The summed E-state index contributed by atoms with van der Waals surface area (Å²) in [5, 5.41) is 15.8. The summed E-state index contributed by atoms with van der Waals surface area (Å²) in [4.78, 5) is 12.4. The van der Waals surface area contributed by atoms with Gasteiger partial charge >= 0.3 is 0 Å². The maximum atomic E-state index is 12.4. The van der Waals surface area contributed by atoms with Crippen LogP contribution in [0.15, 0.2) is 84.0 Å². The molecule has 6 nitrogen and oxygen atoms in total. The average Bonchev–Trinajstić information content (AvgIpc) is 3.21. The zero-order chi connectivity index (χ0) is 22.3. The molecular weight excluding hydrogens is 418 g/mol. The van der Waals surface area contributed by atoms with Gasteiger partial charge in [0.1, 0.15) is 0 Å². The predicted molar refractivity (Wildman–Crippen MR) is 130 cm³/mol. The lowest BCUT2D eigenvalue weighted by molar-refractivity contribution is -0.113. The second-order valence-corrected chi connectivity index (χ2v) is 8.43. The number of nitrogens with zero attached hydrogens (tertiary/aromatic N) is 3. The van der Waals surface area contributed by atoms with E-state index in [2.05, 4.69) is 58.9 Å². The first kappa shape index (κ1) is 21.6. The van der Waals surface area contributed by atoms with Crippen molar-refractivity contribution in [1.29, 1.82) is 0 Å². The summed E-state index contributed by atoms with van der Waals surface area (Å²) in [7, 11) is 0. The number of aryl methyl sites for hydroxylation is 2. The summed E-state index contributed by atoms with van der Waals surface area (Å²) in [6.45, 7) is 4.63. The Hall–Kier alpha value is -3.58. The molecule has 0 bridgehead atoms. The molecule has 0 fully saturated rings. The van der Waals surface area contributed by atoms with Crippen molar-refractivity contribution in [3.05, 3.63) is 95.8 Å². The van der Waals surface area contributed by atoms with Crippen LogP contribution in [0.4, 0.5) is 11.4 Å². The SMILES string of the molecule is Cc1ccc(NCc2nnc(SCC(=O)Nc3ccccc3)n2-c2ccc(C)cc2)cc1. The maximum absolute atomic E-state index is 12.4. The molecule has 1 aromatic heterocycles. The van der Waals surface area contributed by atoms with Crippen molar-refractivity contribution in [2.75, 3.05) is 16.4 Å². The molecular formula is C25H25N5OS. The minimum absolute atomic E-state index is 0.0843. The van der Waals surface area contributed by atoms with Crippen molar-refractivity contribution in [2.45, 2.75) is 25.5 Å². The molecule has 2 N–H and O–H groups in total. The molecule has 3 aromatic carbocycles. The molecule has 4 aromatic rings. The van der Waals surface area contributed by atoms with E-state index in [1.165, 1.54) is 22.9 Å². The Morgan fingerprint density at radius 2 is 1.50 bits per heavy atom. The van der Waals surface area contributed by atoms with Crippen LogP contribution in [0.3, 0.4) is 0 Å². The Balaban J connectivity index is 1.51. The highest BCUT2D eigenvalue weighted by atomic mass is 32.2. The van der Waals surface area contributed by atoms with Crippen molar-refractivity contribution < 1.29 is 4.79 Å². The van der Waals surface area contributed by atoms with Gasteiger partial charge in [-0.25, -0.2) is 0 Å². The number of nitrogens with one attached hydrogen (secondary N) is 2. The van der Waals surface area contributed by atoms with Crippen molar-refractivity contribution in [2.24, 2.45) is 0 Å². The van der Waals surface area contributed by atoms with Crippen molar-refractivity contribution >= 4 is 29.0 Å². The lowest BCUT2D eigenvalue weighted by atomic mass is 10.2. The first-order chi connectivity index (χ1) is 15.6. The molecule has 7 heteroatoms. The van der Waals surface area contributed by atoms with E-state index in [0.29, 0.717) is 11.7 Å². The molecule has 0 aliphatic carbocycles. The van der Waals surface area contributed by atoms with Crippen molar-refractivity contribution in [3.63, 3.8) is 0 Å². The fraction of sp³-hybridized carbons (Fsp3) is 0.160. The first-order valence-electron chi connectivity index (χ1n) is 10.4. The molecule has 1 heterocycles. The number of amides is 1. The van der Waals surface area contributed by atoms with Gasteiger partial charge in [-0.3, -0.25) is 9.36 Å². The summed E-state index contributed by atoms with van der Waals surface area (Å²) in [5.41, 5.74) is 5.15. The summed E-state index contributed by atoms with van der Waals surface area (Å²) < 4.78 is 2.00. The number of anilines is 2. The van der Waals surface area contributed by atoms with E-state index < -0.39 is 0 Å². The number of carbonyl (C=O) groups is 1. The predicted octanol–water partition coefficient (Wildman–Crippen LogP) is 5.23. The number of hydrogen-bond donors (Lipinski definition) is 2. The van der Waals surface area contributed by atoms with Gasteiger partial charge in [-0.15, -0.1) is 10.2 Å². The van der Waals surface area contributed by atoms with Crippen LogP contribution < -0.4 is 10.6 Å². The molecule has 0 spiro atoms. The minimum Gasteiger partial charge on any atom is -0.378 e. The van der Waals surface area contributed by atoms with Crippen LogP contribution >= 0.6 is 11.8 Å². The van der Waals surface area contributed by atoms with Gasteiger partial charge in [-0.2, -0.15) is 0 Å². The molecule has 0 radical (unpaired) electrons. The second kappa shape index (κ2) is 10.2. The molecule has 0 unspecified atom stereocenters. The van der Waals surface area contributed by atoms with E-state index in [-0.39, 0.29) is 11.7 Å². The fourth-order valence-electron chi connectivity index (χ4n) is 3.16. The smallest absolute Gasteiger partial charge is 0.234 e. The largest absolute Gasteiger partial charge is 0.378 e. The third-order valence-electron chi connectivity index (χ3n) is 4.88. The molecule has 4 rings (SSSR count). The maximum Gasteiger partial charge on any atom is 0.234 e. The van der Waals surface area contributed by atoms with Gasteiger partial charge in [-0.1, -0.05) is 65.4 Å². The summed E-state index contributed by atoms with van der Waals surface area (Å²) in [6, 6.07) is 25.9. The van der Waals surface area contributed by atoms with Crippen LogP contribution in [0, 0.1) is 13.8 Å². The summed E-state index contributed by atoms with van der Waals surface area (Å²) in [6.07, 6.45) is 0. The topological polar surface area (TPSA) is 71.8 Å². The molecule has 0 atom stereocenters. The van der Waals surface area contributed by atoms with E-state index in [4.69, 9.17) is 0 Å². The molecule has 32 heavy (non-hydrogen) atoms. The van der Waals surface area contributed by atoms with Crippen LogP contribution in [-0.4, -0.2) is 26.4 Å². The van der Waals surface area contributed by atoms with E-state index in [9.17, 15) is 4.79 Å². The van der Waals surface area contributed by atoms with Gasteiger partial charge in [0.15, 0.2) is 11.0 Å². The number of benzene rings is 3. The number of rotatable bonds is 8. The Labute approximate surface area is 192 Å². The van der Waals surface area contributed by atoms with Crippen molar-refractivity contribution in [3.8, 4) is 5.69 Å². The van der Waals surface area contributed by atoms with Crippen LogP contribution in [0.2, 0.25) is 0 Å². The van der Waals surface area contributed by atoms with Gasteiger partial charge < -0.3 is 10.6 Å². The summed E-state index contributed by atoms with van der Waals surface area (Å²) in [5.74, 6) is 0.934. The Bertz CT molecular complexity index is 1170. The monoisotopic (exact) mass is 443 g/mol. The standard InChI is InChI=1S/C25H25N5OS/c1-18-8-12-20(13-9-18)26-16-23-28-29-25(30(23)22-14-10-19(2)11-15-22)32-17-24(31)27-21-6-4-3-5-7-21/h3-15,26H,16-17H2,1-2H3,(H,27,31). The van der Waals surface area contributed by atoms with Crippen LogP contribution in [-0.2, 0) is 11.3 Å². The zero-order valence-electron chi connectivity index (χ0n) is 18.1. The second-order valence-electron chi connectivity index (χ2n) is 7.49. The minimum atomic E-state index is -0.0843. The van der Waals surface area contributed by atoms with Crippen LogP contribution in [0.5, 0.6) is 0 Å². The lowest BCUT2D eigenvalue weighted by Crippen LogP contribution is -2.14. The fourth-order valence-corrected chi connectivity index (χ4v) is 3.93. The van der Waals surface area contributed by atoms with Crippen LogP contribution in [0.25, 0.3) is 5.69 Å². The summed E-state index contributed by atoms with van der Waals surface area (Å²) >= 11 is 1.37. The highest BCUT2D eigenvalue weighted by molar-refractivity contribution is 7.99. The van der Waals surface area contributed by atoms with Crippen molar-refractivity contribution in [1.82, 2.24) is 14.8 Å². The zero-order valence-corrected chi connectivity index (χ0v) is 18.9. The van der Waals surface area contributed by atoms with Crippen LogP contribution in [0.1, 0.15) is 17.0 Å². The number of aromatic nitrogens is 3. The molecule has 0 saturated carbocycles.